The molecule has 0 amide bonds. The lowest BCUT2D eigenvalue weighted by Crippen LogP contribution is -2.05. The molecule has 0 aromatic heterocycles. The van der Waals surface area contributed by atoms with Crippen molar-refractivity contribution in [3.63, 3.8) is 0 Å². The van der Waals surface area contributed by atoms with Crippen molar-refractivity contribution in [2.75, 3.05) is 6.61 Å². The lowest BCUT2D eigenvalue weighted by molar-refractivity contribution is -0.385. The molecule has 0 saturated heterocycles. The van der Waals surface area contributed by atoms with Gasteiger partial charge in [-0.05, 0) is 6.42 Å². The van der Waals surface area contributed by atoms with E-state index in [4.69, 9.17) is 4.74 Å². The second-order valence-electron chi connectivity index (χ2n) is 6.76. The number of nitro groups is 1. The van der Waals surface area contributed by atoms with Gasteiger partial charge in [-0.3, -0.25) is 14.9 Å². The van der Waals surface area contributed by atoms with Crippen LogP contribution in [0.2, 0.25) is 0 Å². The molecule has 0 atom stereocenters. The minimum Gasteiger partial charge on any atom is -0.507 e. The van der Waals surface area contributed by atoms with Crippen LogP contribution in [-0.4, -0.2) is 22.4 Å². The molecule has 0 unspecified atom stereocenters. The highest BCUT2D eigenvalue weighted by molar-refractivity contribution is 6.11. The molecule has 0 aliphatic rings. The highest BCUT2D eigenvalue weighted by atomic mass is 16.6. The summed E-state index contributed by atoms with van der Waals surface area (Å²) in [5.41, 5.74) is -0.0787. The van der Waals surface area contributed by atoms with Crippen molar-refractivity contribution < 1.29 is 19.6 Å². The van der Waals surface area contributed by atoms with Gasteiger partial charge in [0.25, 0.3) is 0 Å². The van der Waals surface area contributed by atoms with E-state index in [0.29, 0.717) is 12.2 Å². The minimum absolute atomic E-state index is 0.0157. The SMILES string of the molecule is CCCCCCCCCOc1cc(O)c(C(=O)c2ccccc2)cc1[N+](=O)[O-]. The second-order valence-corrected chi connectivity index (χ2v) is 6.76. The van der Waals surface area contributed by atoms with E-state index < -0.39 is 10.7 Å². The lowest BCUT2D eigenvalue weighted by Gasteiger charge is -2.10. The van der Waals surface area contributed by atoms with Crippen molar-refractivity contribution in [3.8, 4) is 11.5 Å². The summed E-state index contributed by atoms with van der Waals surface area (Å²) in [6.45, 7) is 2.51. The number of carbonyl (C=O) groups excluding carboxylic acids is 1. The number of aromatic hydroxyl groups is 1. The number of nitrogens with zero attached hydrogens (tertiary/aromatic N) is 1. The Morgan fingerprint density at radius 3 is 2.32 bits per heavy atom. The first kappa shape index (κ1) is 21.4. The molecule has 6 nitrogen and oxygen atoms in total. The number of hydrogen-bond donors (Lipinski definition) is 1. The predicted molar refractivity (Wildman–Crippen MR) is 108 cm³/mol. The molecule has 0 radical (unpaired) electrons. The molecule has 0 saturated carbocycles. The van der Waals surface area contributed by atoms with Crippen molar-refractivity contribution in [2.45, 2.75) is 51.9 Å². The zero-order chi connectivity index (χ0) is 20.4. The Hall–Kier alpha value is -2.89. The molecule has 0 bridgehead atoms. The summed E-state index contributed by atoms with van der Waals surface area (Å²) in [4.78, 5) is 23.4. The van der Waals surface area contributed by atoms with Crippen LogP contribution in [0.1, 0.15) is 67.8 Å². The van der Waals surface area contributed by atoms with Crippen LogP contribution in [0, 0.1) is 10.1 Å². The van der Waals surface area contributed by atoms with E-state index in [1.807, 2.05) is 0 Å². The molecule has 28 heavy (non-hydrogen) atoms. The first-order valence-corrected chi connectivity index (χ1v) is 9.78. The Balaban J connectivity index is 2.02. The fourth-order valence-corrected chi connectivity index (χ4v) is 2.98. The van der Waals surface area contributed by atoms with Crippen molar-refractivity contribution in [1.29, 1.82) is 0 Å². The van der Waals surface area contributed by atoms with E-state index in [1.165, 1.54) is 25.7 Å². The molecule has 6 heteroatoms. The summed E-state index contributed by atoms with van der Waals surface area (Å²) in [5.74, 6) is -0.813. The van der Waals surface area contributed by atoms with Crippen molar-refractivity contribution in [2.24, 2.45) is 0 Å². The fraction of sp³-hybridized carbons (Fsp3) is 0.409. The van der Waals surface area contributed by atoms with E-state index in [2.05, 4.69) is 6.92 Å². The Bertz CT molecular complexity index is 789. The number of ether oxygens (including phenoxy) is 1. The van der Waals surface area contributed by atoms with Crippen LogP contribution < -0.4 is 4.74 Å². The van der Waals surface area contributed by atoms with Gasteiger partial charge in [-0.2, -0.15) is 0 Å². The Labute approximate surface area is 165 Å². The van der Waals surface area contributed by atoms with Crippen LogP contribution in [0.4, 0.5) is 5.69 Å². The summed E-state index contributed by atoms with van der Waals surface area (Å²) in [7, 11) is 0. The van der Waals surface area contributed by atoms with E-state index in [-0.39, 0.29) is 22.7 Å². The van der Waals surface area contributed by atoms with Gasteiger partial charge in [-0.25, -0.2) is 0 Å². The molecule has 150 valence electrons. The number of nitro benzene ring substituents is 1. The number of phenolic OH excluding ortho intramolecular Hbond substituents is 1. The van der Waals surface area contributed by atoms with Gasteiger partial charge in [0, 0.05) is 17.7 Å². The number of benzene rings is 2. The van der Waals surface area contributed by atoms with E-state index in [1.54, 1.807) is 30.3 Å². The molecule has 2 rings (SSSR count). The van der Waals surface area contributed by atoms with Gasteiger partial charge in [-0.15, -0.1) is 0 Å². The quantitative estimate of drug-likeness (QED) is 0.220. The third-order valence-electron chi connectivity index (χ3n) is 4.56. The number of unbranched alkanes of at least 4 members (excludes halogenated alkanes) is 6. The maximum Gasteiger partial charge on any atom is 0.311 e. The van der Waals surface area contributed by atoms with E-state index in [9.17, 15) is 20.0 Å². The monoisotopic (exact) mass is 385 g/mol. The summed E-state index contributed by atoms with van der Waals surface area (Å²) in [5, 5.41) is 21.6. The van der Waals surface area contributed by atoms with Crippen molar-refractivity contribution in [3.05, 3.63) is 63.7 Å². The van der Waals surface area contributed by atoms with Crippen LogP contribution in [-0.2, 0) is 0 Å². The predicted octanol–water partition coefficient (Wildman–Crippen LogP) is 5.66. The van der Waals surface area contributed by atoms with Gasteiger partial charge in [0.05, 0.1) is 17.1 Å². The van der Waals surface area contributed by atoms with E-state index in [0.717, 1.165) is 31.4 Å². The van der Waals surface area contributed by atoms with Gasteiger partial charge in [0.15, 0.2) is 5.78 Å². The third kappa shape index (κ3) is 6.08. The fourth-order valence-electron chi connectivity index (χ4n) is 2.98. The van der Waals surface area contributed by atoms with Crippen LogP contribution in [0.5, 0.6) is 11.5 Å². The van der Waals surface area contributed by atoms with Gasteiger partial charge in [-0.1, -0.05) is 75.8 Å². The highest BCUT2D eigenvalue weighted by Crippen LogP contribution is 2.35. The zero-order valence-corrected chi connectivity index (χ0v) is 16.2. The van der Waals surface area contributed by atoms with Crippen molar-refractivity contribution >= 4 is 11.5 Å². The molecule has 2 aromatic rings. The Kier molecular flexibility index (Phi) is 8.46. The average molecular weight is 385 g/mol. The van der Waals surface area contributed by atoms with Gasteiger partial charge in [0.1, 0.15) is 5.75 Å². The number of carbonyl (C=O) groups is 1. The largest absolute Gasteiger partial charge is 0.507 e. The average Bonchev–Trinajstić information content (AvgIpc) is 2.70. The number of ketones is 1. The number of hydrogen-bond acceptors (Lipinski definition) is 5. The molecule has 0 aliphatic heterocycles. The first-order valence-electron chi connectivity index (χ1n) is 9.78. The molecule has 0 fully saturated rings. The van der Waals surface area contributed by atoms with Crippen LogP contribution in [0.15, 0.2) is 42.5 Å². The van der Waals surface area contributed by atoms with Crippen LogP contribution >= 0.6 is 0 Å². The lowest BCUT2D eigenvalue weighted by atomic mass is 10.0. The summed E-state index contributed by atoms with van der Waals surface area (Å²) in [6, 6.07) is 10.6. The van der Waals surface area contributed by atoms with Gasteiger partial charge < -0.3 is 9.84 Å². The smallest absolute Gasteiger partial charge is 0.311 e. The van der Waals surface area contributed by atoms with Crippen LogP contribution in [0.3, 0.4) is 0 Å². The first-order chi connectivity index (χ1) is 13.5. The molecule has 2 aromatic carbocycles. The topological polar surface area (TPSA) is 89.7 Å². The molecule has 0 aliphatic carbocycles. The van der Waals surface area contributed by atoms with Crippen LogP contribution in [0.25, 0.3) is 0 Å². The maximum atomic E-state index is 12.5. The zero-order valence-electron chi connectivity index (χ0n) is 16.2. The second kappa shape index (κ2) is 11.1. The maximum absolute atomic E-state index is 12.5. The molecular formula is C22H27NO5. The molecule has 1 N–H and O–H groups in total. The Morgan fingerprint density at radius 1 is 1.04 bits per heavy atom. The summed E-state index contributed by atoms with van der Waals surface area (Å²) < 4.78 is 5.53. The molecule has 0 heterocycles. The number of phenols is 1. The normalized spacial score (nSPS) is 10.6. The molecular weight excluding hydrogens is 358 g/mol. The highest BCUT2D eigenvalue weighted by Gasteiger charge is 2.23. The summed E-state index contributed by atoms with van der Waals surface area (Å²) in [6.07, 6.45) is 7.76. The van der Waals surface area contributed by atoms with E-state index >= 15 is 0 Å². The van der Waals surface area contributed by atoms with Gasteiger partial charge >= 0.3 is 5.69 Å². The third-order valence-corrected chi connectivity index (χ3v) is 4.56. The number of rotatable bonds is 12. The molecule has 0 spiro atoms. The standard InChI is InChI=1S/C22H27NO5/c1-2-3-4-5-6-7-11-14-28-21-16-20(24)18(15-19(21)23(26)27)22(25)17-12-9-8-10-13-17/h8-10,12-13,15-16,24H,2-7,11,14H2,1H3. The van der Waals surface area contributed by atoms with Gasteiger partial charge in [0.2, 0.25) is 5.75 Å². The summed E-state index contributed by atoms with van der Waals surface area (Å²) >= 11 is 0. The van der Waals surface area contributed by atoms with Crippen molar-refractivity contribution in [1.82, 2.24) is 0 Å². The Morgan fingerprint density at radius 2 is 1.68 bits per heavy atom. The minimum atomic E-state index is -0.596.